The number of Topliss-reactive ketones (excluding diaryl/α,β-unsaturated/α-hetero) is 1. The summed E-state index contributed by atoms with van der Waals surface area (Å²) >= 11 is 5.83. The number of amides is 1. The molecule has 0 saturated heterocycles. The van der Waals surface area contributed by atoms with E-state index in [1.165, 1.54) is 13.0 Å². The van der Waals surface area contributed by atoms with Crippen LogP contribution in [0.1, 0.15) is 31.1 Å². The number of anilines is 1. The van der Waals surface area contributed by atoms with Crippen molar-refractivity contribution in [2.45, 2.75) is 20.8 Å². The molecule has 0 aliphatic rings. The fraction of sp³-hybridized carbons (Fsp3) is 0.385. The first-order chi connectivity index (χ1) is 8.40. The summed E-state index contributed by atoms with van der Waals surface area (Å²) in [5.74, 6) is 0.105. The highest BCUT2D eigenvalue weighted by Crippen LogP contribution is 2.21. The minimum atomic E-state index is -0.589. The van der Waals surface area contributed by atoms with Crippen LogP contribution in [-0.2, 0) is 4.74 Å². The smallest absolute Gasteiger partial charge is 0.411 e. The molecule has 0 spiro atoms. The van der Waals surface area contributed by atoms with Crippen molar-refractivity contribution < 1.29 is 14.3 Å². The molecular weight excluding hydrogens is 254 g/mol. The van der Waals surface area contributed by atoms with Crippen LogP contribution in [0.15, 0.2) is 18.2 Å². The minimum absolute atomic E-state index is 0.147. The Morgan fingerprint density at radius 1 is 1.39 bits per heavy atom. The van der Waals surface area contributed by atoms with Gasteiger partial charge in [0.2, 0.25) is 0 Å². The first-order valence-corrected chi connectivity index (χ1v) is 6.02. The monoisotopic (exact) mass is 269 g/mol. The van der Waals surface area contributed by atoms with Crippen LogP contribution in [0, 0.1) is 5.92 Å². The molecule has 0 fully saturated rings. The average molecular weight is 270 g/mol. The van der Waals surface area contributed by atoms with Crippen LogP contribution in [0.2, 0.25) is 5.02 Å². The Balaban J connectivity index is 2.79. The summed E-state index contributed by atoms with van der Waals surface area (Å²) in [6, 6.07) is 4.70. The molecule has 1 rings (SSSR count). The average Bonchev–Trinajstić information content (AvgIpc) is 2.26. The van der Waals surface area contributed by atoms with Crippen molar-refractivity contribution >= 4 is 29.2 Å². The van der Waals surface area contributed by atoms with Gasteiger partial charge in [-0.15, -0.1) is 0 Å². The lowest BCUT2D eigenvalue weighted by Crippen LogP contribution is -2.18. The summed E-state index contributed by atoms with van der Waals surface area (Å²) in [6.45, 7) is 5.62. The zero-order valence-electron chi connectivity index (χ0n) is 10.6. The maximum Gasteiger partial charge on any atom is 0.411 e. The van der Waals surface area contributed by atoms with E-state index in [2.05, 4.69) is 5.32 Å². The molecule has 0 radical (unpaired) electrons. The Labute approximate surface area is 111 Å². The highest BCUT2D eigenvalue weighted by molar-refractivity contribution is 6.31. The second-order valence-corrected chi connectivity index (χ2v) is 4.80. The van der Waals surface area contributed by atoms with E-state index >= 15 is 0 Å². The van der Waals surface area contributed by atoms with Crippen molar-refractivity contribution in [2.75, 3.05) is 11.9 Å². The molecule has 0 aromatic heterocycles. The van der Waals surface area contributed by atoms with Crippen LogP contribution in [0.3, 0.4) is 0 Å². The number of nitrogens with one attached hydrogen (secondary N) is 1. The van der Waals surface area contributed by atoms with Crippen molar-refractivity contribution in [1.29, 1.82) is 0 Å². The Hall–Kier alpha value is -1.55. The van der Waals surface area contributed by atoms with Gasteiger partial charge in [-0.1, -0.05) is 25.4 Å². The highest BCUT2D eigenvalue weighted by atomic mass is 35.5. The fourth-order valence-corrected chi connectivity index (χ4v) is 1.49. The maximum absolute atomic E-state index is 11.5. The molecule has 1 aromatic rings. The van der Waals surface area contributed by atoms with Crippen LogP contribution < -0.4 is 5.32 Å². The van der Waals surface area contributed by atoms with Gasteiger partial charge in [-0.05, 0) is 31.0 Å². The molecule has 0 atom stereocenters. The molecule has 5 heteroatoms. The van der Waals surface area contributed by atoms with Crippen LogP contribution in [0.4, 0.5) is 10.5 Å². The third-order valence-electron chi connectivity index (χ3n) is 2.15. The molecule has 0 aliphatic heterocycles. The van der Waals surface area contributed by atoms with E-state index in [-0.39, 0.29) is 11.7 Å². The lowest BCUT2D eigenvalue weighted by molar-refractivity contribution is 0.101. The summed E-state index contributed by atoms with van der Waals surface area (Å²) in [5, 5.41) is 2.97. The number of hydrogen-bond acceptors (Lipinski definition) is 3. The highest BCUT2D eigenvalue weighted by Gasteiger charge is 2.12. The predicted octanol–water partition coefficient (Wildman–Crippen LogP) is 3.75. The number of carbonyl (C=O) groups excluding carboxylic acids is 2. The van der Waals surface area contributed by atoms with Crippen molar-refractivity contribution in [2.24, 2.45) is 5.92 Å². The fourth-order valence-electron chi connectivity index (χ4n) is 1.32. The van der Waals surface area contributed by atoms with Gasteiger partial charge in [-0.2, -0.15) is 0 Å². The van der Waals surface area contributed by atoms with E-state index in [0.717, 1.165) is 0 Å². The van der Waals surface area contributed by atoms with Gasteiger partial charge in [-0.3, -0.25) is 10.1 Å². The van der Waals surface area contributed by atoms with Gasteiger partial charge < -0.3 is 4.74 Å². The van der Waals surface area contributed by atoms with Gasteiger partial charge in [0, 0.05) is 10.6 Å². The Bertz CT molecular complexity index is 458. The van der Waals surface area contributed by atoms with Crippen LogP contribution >= 0.6 is 11.6 Å². The number of rotatable bonds is 4. The van der Waals surface area contributed by atoms with Gasteiger partial charge >= 0.3 is 6.09 Å². The van der Waals surface area contributed by atoms with Crippen LogP contribution in [0.5, 0.6) is 0 Å². The molecule has 1 aromatic carbocycles. The Morgan fingerprint density at radius 2 is 2.06 bits per heavy atom. The summed E-state index contributed by atoms with van der Waals surface area (Å²) < 4.78 is 4.98. The lowest BCUT2D eigenvalue weighted by Gasteiger charge is -2.11. The van der Waals surface area contributed by atoms with Crippen molar-refractivity contribution in [3.8, 4) is 0 Å². The molecule has 0 heterocycles. The van der Waals surface area contributed by atoms with Gasteiger partial charge in [0.05, 0.1) is 12.3 Å². The molecule has 0 saturated carbocycles. The second-order valence-electron chi connectivity index (χ2n) is 4.36. The minimum Gasteiger partial charge on any atom is -0.449 e. The van der Waals surface area contributed by atoms with Gasteiger partial charge in [0.25, 0.3) is 0 Å². The predicted molar refractivity (Wildman–Crippen MR) is 71.3 cm³/mol. The number of ether oxygens (including phenoxy) is 1. The number of carbonyl (C=O) groups is 2. The number of halogens is 1. The van der Waals surface area contributed by atoms with E-state index < -0.39 is 6.09 Å². The third-order valence-corrected chi connectivity index (χ3v) is 2.38. The van der Waals surface area contributed by atoms with Crippen LogP contribution in [0.25, 0.3) is 0 Å². The molecule has 4 nitrogen and oxygen atoms in total. The number of ketones is 1. The SMILES string of the molecule is CC(=O)c1ccc(Cl)cc1NC(=O)OCC(C)C. The van der Waals surface area contributed by atoms with Gasteiger partial charge in [0.15, 0.2) is 5.78 Å². The largest absolute Gasteiger partial charge is 0.449 e. The van der Waals surface area contributed by atoms with Crippen LogP contribution in [-0.4, -0.2) is 18.5 Å². The summed E-state index contributed by atoms with van der Waals surface area (Å²) in [7, 11) is 0. The maximum atomic E-state index is 11.5. The summed E-state index contributed by atoms with van der Waals surface area (Å²) in [4.78, 5) is 22.9. The first-order valence-electron chi connectivity index (χ1n) is 5.64. The zero-order valence-corrected chi connectivity index (χ0v) is 11.4. The van der Waals surface area contributed by atoms with E-state index in [1.807, 2.05) is 13.8 Å². The first kappa shape index (κ1) is 14.5. The summed E-state index contributed by atoms with van der Waals surface area (Å²) in [5.41, 5.74) is 0.768. The molecule has 0 bridgehead atoms. The number of hydrogen-bond donors (Lipinski definition) is 1. The van der Waals surface area contributed by atoms with Crippen molar-refractivity contribution in [3.05, 3.63) is 28.8 Å². The molecule has 18 heavy (non-hydrogen) atoms. The topological polar surface area (TPSA) is 55.4 Å². The molecule has 98 valence electrons. The zero-order chi connectivity index (χ0) is 13.7. The molecular formula is C13H16ClNO3. The molecule has 0 unspecified atom stereocenters. The molecule has 1 amide bonds. The molecule has 1 N–H and O–H groups in total. The van der Waals surface area contributed by atoms with E-state index in [1.54, 1.807) is 12.1 Å². The number of benzene rings is 1. The Morgan fingerprint density at radius 3 is 2.61 bits per heavy atom. The van der Waals surface area contributed by atoms with Gasteiger partial charge in [-0.25, -0.2) is 4.79 Å². The Kier molecular flexibility index (Phi) is 5.16. The van der Waals surface area contributed by atoms with Crippen molar-refractivity contribution in [1.82, 2.24) is 0 Å². The van der Waals surface area contributed by atoms with Gasteiger partial charge in [0.1, 0.15) is 0 Å². The molecule has 0 aliphatic carbocycles. The normalized spacial score (nSPS) is 10.3. The standard InChI is InChI=1S/C13H16ClNO3/c1-8(2)7-18-13(17)15-12-6-10(14)4-5-11(12)9(3)16/h4-6,8H,7H2,1-3H3,(H,15,17). The summed E-state index contributed by atoms with van der Waals surface area (Å²) in [6.07, 6.45) is -0.589. The second kappa shape index (κ2) is 6.40. The quantitative estimate of drug-likeness (QED) is 0.847. The van der Waals surface area contributed by atoms with E-state index in [0.29, 0.717) is 22.9 Å². The van der Waals surface area contributed by atoms with E-state index in [9.17, 15) is 9.59 Å². The van der Waals surface area contributed by atoms with E-state index in [4.69, 9.17) is 16.3 Å². The third kappa shape index (κ3) is 4.37. The van der Waals surface area contributed by atoms with Crippen molar-refractivity contribution in [3.63, 3.8) is 0 Å². The lowest BCUT2D eigenvalue weighted by atomic mass is 10.1.